The molecule has 2 heterocycles. The maximum atomic E-state index is 5.22. The third-order valence-corrected chi connectivity index (χ3v) is 8.43. The molecular weight excluding hydrogens is 486 g/mol. The van der Waals surface area contributed by atoms with Gasteiger partial charge < -0.3 is 4.57 Å². The number of benzene rings is 5. The van der Waals surface area contributed by atoms with Gasteiger partial charge in [0.05, 0.1) is 28.8 Å². The van der Waals surface area contributed by atoms with Crippen LogP contribution in [0, 0.1) is 0 Å². The Balaban J connectivity index is 1.52. The molecule has 0 unspecified atom stereocenters. The van der Waals surface area contributed by atoms with Gasteiger partial charge in [-0.15, -0.1) is 0 Å². The molecule has 8 rings (SSSR count). The van der Waals surface area contributed by atoms with Crippen LogP contribution in [0.1, 0.15) is 25.0 Å². The van der Waals surface area contributed by atoms with Crippen molar-refractivity contribution < 1.29 is 0 Å². The molecule has 7 aromatic rings. The highest BCUT2D eigenvalue weighted by Crippen LogP contribution is 2.56. The van der Waals surface area contributed by atoms with Gasteiger partial charge in [-0.3, -0.25) is 0 Å². The van der Waals surface area contributed by atoms with Crippen molar-refractivity contribution in [1.29, 1.82) is 0 Å². The molecule has 0 amide bonds. The molecule has 40 heavy (non-hydrogen) atoms. The van der Waals surface area contributed by atoms with Gasteiger partial charge in [0.25, 0.3) is 0 Å². The van der Waals surface area contributed by atoms with Crippen LogP contribution >= 0.6 is 0 Å². The van der Waals surface area contributed by atoms with E-state index in [1.807, 2.05) is 24.4 Å². The molecule has 1 aliphatic carbocycles. The predicted molar refractivity (Wildman–Crippen MR) is 165 cm³/mol. The largest absolute Gasteiger partial charge is 0.305 e. The Hall–Kier alpha value is -5.02. The molecule has 1 aliphatic rings. The number of nitrogens with zero attached hydrogens (tertiary/aromatic N) is 3. The van der Waals surface area contributed by atoms with E-state index in [4.69, 9.17) is 9.97 Å². The summed E-state index contributed by atoms with van der Waals surface area (Å²) in [6.45, 7) is 4.71. The first kappa shape index (κ1) is 22.9. The molecule has 5 aromatic carbocycles. The van der Waals surface area contributed by atoms with Gasteiger partial charge in [-0.2, -0.15) is 0 Å². The van der Waals surface area contributed by atoms with Crippen LogP contribution in [0.5, 0.6) is 0 Å². The van der Waals surface area contributed by atoms with Crippen molar-refractivity contribution in [3.8, 4) is 39.6 Å². The zero-order valence-corrected chi connectivity index (χ0v) is 22.5. The van der Waals surface area contributed by atoms with Gasteiger partial charge in [0.1, 0.15) is 0 Å². The second kappa shape index (κ2) is 8.49. The summed E-state index contributed by atoms with van der Waals surface area (Å²) in [6, 6.07) is 42.8. The lowest BCUT2D eigenvalue weighted by molar-refractivity contribution is 0.667. The van der Waals surface area contributed by atoms with E-state index in [2.05, 4.69) is 122 Å². The maximum absolute atomic E-state index is 5.22. The van der Waals surface area contributed by atoms with Gasteiger partial charge >= 0.3 is 0 Å². The highest BCUT2D eigenvalue weighted by atomic mass is 15.1. The van der Waals surface area contributed by atoms with E-state index in [0.29, 0.717) is 0 Å². The highest BCUT2D eigenvalue weighted by Gasteiger charge is 2.41. The zero-order chi connectivity index (χ0) is 26.8. The molecule has 3 heteroatoms. The van der Waals surface area contributed by atoms with Crippen molar-refractivity contribution in [2.45, 2.75) is 19.3 Å². The number of rotatable bonds is 3. The Kier molecular flexibility index (Phi) is 4.86. The van der Waals surface area contributed by atoms with E-state index in [0.717, 1.165) is 28.3 Å². The van der Waals surface area contributed by atoms with E-state index in [1.54, 1.807) is 0 Å². The maximum Gasteiger partial charge on any atom is 0.159 e. The number of fused-ring (bicyclic) bond motifs is 7. The molecular formula is C37H27N3. The minimum atomic E-state index is -0.155. The van der Waals surface area contributed by atoms with Crippen LogP contribution in [-0.2, 0) is 5.41 Å². The molecule has 0 atom stereocenters. The van der Waals surface area contributed by atoms with Gasteiger partial charge in [0.2, 0.25) is 0 Å². The summed E-state index contributed by atoms with van der Waals surface area (Å²) in [7, 11) is 0. The Bertz CT molecular complexity index is 2070. The molecule has 0 saturated carbocycles. The Morgan fingerprint density at radius 1 is 0.625 bits per heavy atom. The first-order valence-corrected chi connectivity index (χ1v) is 13.8. The van der Waals surface area contributed by atoms with Crippen molar-refractivity contribution in [1.82, 2.24) is 14.5 Å². The minimum Gasteiger partial charge on any atom is -0.305 e. The molecule has 0 aliphatic heterocycles. The summed E-state index contributed by atoms with van der Waals surface area (Å²) in [4.78, 5) is 10.2. The zero-order valence-electron chi connectivity index (χ0n) is 22.5. The van der Waals surface area contributed by atoms with Crippen molar-refractivity contribution in [3.05, 3.63) is 139 Å². The van der Waals surface area contributed by atoms with Crippen LogP contribution in [0.4, 0.5) is 0 Å². The second-order valence-electron chi connectivity index (χ2n) is 11.1. The second-order valence-corrected chi connectivity index (χ2v) is 11.1. The molecule has 3 nitrogen and oxygen atoms in total. The van der Waals surface area contributed by atoms with Crippen molar-refractivity contribution in [2.75, 3.05) is 0 Å². The fourth-order valence-corrected chi connectivity index (χ4v) is 6.62. The van der Waals surface area contributed by atoms with Gasteiger partial charge in [0.15, 0.2) is 5.82 Å². The van der Waals surface area contributed by atoms with E-state index in [-0.39, 0.29) is 5.41 Å². The number of para-hydroxylation sites is 1. The number of aromatic nitrogens is 3. The molecule has 2 aromatic heterocycles. The van der Waals surface area contributed by atoms with Gasteiger partial charge in [-0.05, 0) is 28.0 Å². The van der Waals surface area contributed by atoms with Gasteiger partial charge in [0, 0.05) is 27.5 Å². The average molecular weight is 514 g/mol. The number of hydrogen-bond donors (Lipinski definition) is 0. The van der Waals surface area contributed by atoms with E-state index in [1.165, 1.54) is 44.1 Å². The van der Waals surface area contributed by atoms with Gasteiger partial charge in [-0.1, -0.05) is 129 Å². The van der Waals surface area contributed by atoms with Crippen LogP contribution in [0.25, 0.3) is 61.3 Å². The average Bonchev–Trinajstić information content (AvgIpc) is 3.48. The molecule has 190 valence electrons. The van der Waals surface area contributed by atoms with Crippen molar-refractivity contribution in [3.63, 3.8) is 0 Å². The molecule has 0 saturated heterocycles. The summed E-state index contributed by atoms with van der Waals surface area (Å²) in [5.74, 6) is 0.725. The standard InChI is InChI=1S/C37H27N3/c1-37(2)29-22-21-24-13-9-10-18-27(24)32(29)35-33(37)28-19-11-12-20-30(28)40(35)31-23-38-36(26-16-7-4-8-17-26)39-34(31)25-14-5-3-6-15-25/h3-23H,1-2H3. The quantitative estimate of drug-likeness (QED) is 0.236. The summed E-state index contributed by atoms with van der Waals surface area (Å²) in [6.07, 6.45) is 2.01. The van der Waals surface area contributed by atoms with Crippen molar-refractivity contribution in [2.24, 2.45) is 0 Å². The minimum absolute atomic E-state index is 0.155. The SMILES string of the molecule is CC1(C)c2ccc3ccccc3c2-c2c1c1ccccc1n2-c1cnc(-c2ccccc2)nc1-c1ccccc1. The fraction of sp³-hybridized carbons (Fsp3) is 0.0811. The van der Waals surface area contributed by atoms with E-state index < -0.39 is 0 Å². The lowest BCUT2D eigenvalue weighted by atomic mass is 9.81. The third kappa shape index (κ3) is 3.18. The monoisotopic (exact) mass is 513 g/mol. The van der Waals surface area contributed by atoms with Crippen molar-refractivity contribution >= 4 is 21.7 Å². The first-order valence-electron chi connectivity index (χ1n) is 13.8. The van der Waals surface area contributed by atoms with Gasteiger partial charge in [-0.25, -0.2) is 9.97 Å². The first-order chi connectivity index (χ1) is 19.6. The smallest absolute Gasteiger partial charge is 0.159 e. The van der Waals surface area contributed by atoms with E-state index in [9.17, 15) is 0 Å². The van der Waals surface area contributed by atoms with Crippen LogP contribution in [0.2, 0.25) is 0 Å². The van der Waals surface area contributed by atoms with Crippen LogP contribution in [-0.4, -0.2) is 14.5 Å². The predicted octanol–water partition coefficient (Wildman–Crippen LogP) is 9.21. The number of hydrogen-bond acceptors (Lipinski definition) is 2. The molecule has 0 bridgehead atoms. The highest BCUT2D eigenvalue weighted by molar-refractivity contribution is 6.08. The lowest BCUT2D eigenvalue weighted by Gasteiger charge is -2.22. The molecule has 0 spiro atoms. The third-order valence-electron chi connectivity index (χ3n) is 8.43. The summed E-state index contributed by atoms with van der Waals surface area (Å²) < 4.78 is 2.42. The van der Waals surface area contributed by atoms with Crippen LogP contribution < -0.4 is 0 Å². The van der Waals surface area contributed by atoms with Crippen LogP contribution in [0.15, 0.2) is 128 Å². The van der Waals surface area contributed by atoms with E-state index >= 15 is 0 Å². The summed E-state index contributed by atoms with van der Waals surface area (Å²) >= 11 is 0. The Morgan fingerprint density at radius 2 is 1.27 bits per heavy atom. The van der Waals surface area contributed by atoms with Crippen LogP contribution in [0.3, 0.4) is 0 Å². The molecule has 0 N–H and O–H groups in total. The Labute approximate surface area is 233 Å². The molecule has 0 radical (unpaired) electrons. The fourth-order valence-electron chi connectivity index (χ4n) is 6.62. The topological polar surface area (TPSA) is 30.7 Å². The molecule has 0 fully saturated rings. The normalized spacial score (nSPS) is 13.4. The Morgan fingerprint density at radius 3 is 2.05 bits per heavy atom. The lowest BCUT2D eigenvalue weighted by Crippen LogP contribution is -2.14. The summed E-state index contributed by atoms with van der Waals surface area (Å²) in [5, 5.41) is 3.80. The summed E-state index contributed by atoms with van der Waals surface area (Å²) in [5.41, 5.74) is 10.3.